The van der Waals surface area contributed by atoms with Gasteiger partial charge >= 0.3 is 5.97 Å². The maximum absolute atomic E-state index is 11.6. The molecule has 1 rings (SSSR count). The lowest BCUT2D eigenvalue weighted by atomic mass is 9.87. The lowest BCUT2D eigenvalue weighted by Crippen LogP contribution is -2.43. The lowest BCUT2D eigenvalue weighted by Gasteiger charge is -2.24. The Morgan fingerprint density at radius 1 is 1.53 bits per heavy atom. The first kappa shape index (κ1) is 13.9. The molecule has 0 aromatic carbocycles. The maximum atomic E-state index is 11.6. The Labute approximate surface area is 101 Å². The van der Waals surface area contributed by atoms with Gasteiger partial charge in [-0.2, -0.15) is 5.26 Å². The number of aliphatic carboxylic acids is 1. The van der Waals surface area contributed by atoms with Gasteiger partial charge in [0.2, 0.25) is 10.0 Å². The smallest absolute Gasteiger partial charge is 0.310 e. The van der Waals surface area contributed by atoms with Crippen molar-refractivity contribution in [3.05, 3.63) is 0 Å². The molecule has 1 fully saturated rings. The van der Waals surface area contributed by atoms with E-state index in [1.54, 1.807) is 6.07 Å². The minimum Gasteiger partial charge on any atom is -0.481 e. The van der Waals surface area contributed by atoms with Crippen molar-refractivity contribution in [1.82, 2.24) is 4.72 Å². The summed E-state index contributed by atoms with van der Waals surface area (Å²) in [7, 11) is -3.74. The molecule has 0 heterocycles. The van der Waals surface area contributed by atoms with Crippen molar-refractivity contribution >= 4 is 16.0 Å². The van der Waals surface area contributed by atoms with Gasteiger partial charge in [-0.3, -0.25) is 4.79 Å². The number of nitrogens with zero attached hydrogens (tertiary/aromatic N) is 1. The van der Waals surface area contributed by atoms with Crippen LogP contribution in [0.3, 0.4) is 0 Å². The standard InChI is InChI=1S/C10H16N2O4S/c1-8(6-11)17(15,16)12-7-10(9(13)14)4-2-3-5-10/h8,12H,2-5,7H2,1H3,(H,13,14). The van der Waals surface area contributed by atoms with E-state index in [1.165, 1.54) is 6.92 Å². The van der Waals surface area contributed by atoms with Crippen LogP contribution in [-0.4, -0.2) is 31.3 Å². The fourth-order valence-electron chi connectivity index (χ4n) is 1.95. The van der Waals surface area contributed by atoms with E-state index >= 15 is 0 Å². The molecule has 1 saturated carbocycles. The number of nitrogens with one attached hydrogen (secondary N) is 1. The summed E-state index contributed by atoms with van der Waals surface area (Å²) in [4.78, 5) is 11.2. The molecule has 6 nitrogen and oxygen atoms in total. The van der Waals surface area contributed by atoms with Gasteiger partial charge in [-0.25, -0.2) is 13.1 Å². The summed E-state index contributed by atoms with van der Waals surface area (Å²) < 4.78 is 25.4. The van der Waals surface area contributed by atoms with Gasteiger partial charge < -0.3 is 5.11 Å². The molecule has 1 aliphatic rings. The summed E-state index contributed by atoms with van der Waals surface area (Å²) in [6.07, 6.45) is 2.54. The van der Waals surface area contributed by atoms with E-state index in [4.69, 9.17) is 10.4 Å². The summed E-state index contributed by atoms with van der Waals surface area (Å²) in [5.74, 6) is -0.970. The maximum Gasteiger partial charge on any atom is 0.310 e. The van der Waals surface area contributed by atoms with Crippen molar-refractivity contribution in [2.45, 2.75) is 37.9 Å². The summed E-state index contributed by atoms with van der Waals surface area (Å²) in [5.41, 5.74) is -0.998. The van der Waals surface area contributed by atoms with Gasteiger partial charge in [0.1, 0.15) is 0 Å². The molecule has 0 bridgehead atoms. The van der Waals surface area contributed by atoms with E-state index < -0.39 is 26.7 Å². The molecule has 1 aliphatic carbocycles. The highest BCUT2D eigenvalue weighted by atomic mass is 32.2. The van der Waals surface area contributed by atoms with Crippen LogP contribution >= 0.6 is 0 Å². The second-order valence-electron chi connectivity index (χ2n) is 4.43. The number of hydrogen-bond donors (Lipinski definition) is 2. The normalized spacial score (nSPS) is 20.7. The van der Waals surface area contributed by atoms with Crippen molar-refractivity contribution in [3.63, 3.8) is 0 Å². The van der Waals surface area contributed by atoms with Crippen molar-refractivity contribution in [2.24, 2.45) is 5.41 Å². The van der Waals surface area contributed by atoms with Crippen LogP contribution in [0, 0.1) is 16.7 Å². The van der Waals surface area contributed by atoms with Crippen LogP contribution in [0.5, 0.6) is 0 Å². The van der Waals surface area contributed by atoms with Crippen molar-refractivity contribution in [2.75, 3.05) is 6.54 Å². The summed E-state index contributed by atoms with van der Waals surface area (Å²) in [5, 5.41) is 16.5. The monoisotopic (exact) mass is 260 g/mol. The van der Waals surface area contributed by atoms with Gasteiger partial charge in [-0.15, -0.1) is 0 Å². The Morgan fingerprint density at radius 3 is 2.47 bits per heavy atom. The Morgan fingerprint density at radius 2 is 2.06 bits per heavy atom. The quantitative estimate of drug-likeness (QED) is 0.746. The van der Waals surface area contributed by atoms with Gasteiger partial charge in [-0.1, -0.05) is 12.8 Å². The van der Waals surface area contributed by atoms with Gasteiger partial charge in [0.05, 0.1) is 11.5 Å². The van der Waals surface area contributed by atoms with Gasteiger partial charge in [-0.05, 0) is 19.8 Å². The zero-order valence-electron chi connectivity index (χ0n) is 9.64. The van der Waals surface area contributed by atoms with Crippen molar-refractivity contribution in [3.8, 4) is 6.07 Å². The number of hydrogen-bond acceptors (Lipinski definition) is 4. The number of carboxylic acid groups (broad SMARTS) is 1. The molecule has 0 aromatic rings. The van der Waals surface area contributed by atoms with Crippen molar-refractivity contribution < 1.29 is 18.3 Å². The van der Waals surface area contributed by atoms with E-state index in [-0.39, 0.29) is 6.54 Å². The summed E-state index contributed by atoms with van der Waals surface area (Å²) >= 11 is 0. The predicted molar refractivity (Wildman–Crippen MR) is 60.5 cm³/mol. The number of nitriles is 1. The molecular formula is C10H16N2O4S. The molecule has 0 aromatic heterocycles. The highest BCUT2D eigenvalue weighted by molar-refractivity contribution is 7.90. The average Bonchev–Trinajstić information content (AvgIpc) is 2.75. The molecular weight excluding hydrogens is 244 g/mol. The first-order valence-electron chi connectivity index (χ1n) is 5.45. The second kappa shape index (κ2) is 5.02. The largest absolute Gasteiger partial charge is 0.481 e. The van der Waals surface area contributed by atoms with E-state index in [2.05, 4.69) is 4.72 Å². The molecule has 2 N–H and O–H groups in total. The minimum atomic E-state index is -3.74. The minimum absolute atomic E-state index is 0.128. The number of carbonyl (C=O) groups is 1. The molecule has 0 saturated heterocycles. The molecule has 0 spiro atoms. The summed E-state index contributed by atoms with van der Waals surface area (Å²) in [6, 6.07) is 1.62. The zero-order valence-corrected chi connectivity index (χ0v) is 10.5. The third-order valence-electron chi connectivity index (χ3n) is 3.27. The Hall–Kier alpha value is -1.13. The van der Waals surface area contributed by atoms with Crippen LogP contribution in [0.15, 0.2) is 0 Å². The molecule has 7 heteroatoms. The highest BCUT2D eigenvalue weighted by Crippen LogP contribution is 2.37. The molecule has 0 aliphatic heterocycles. The SMILES string of the molecule is CC(C#N)S(=O)(=O)NCC1(C(=O)O)CCCC1. The summed E-state index contributed by atoms with van der Waals surface area (Å²) in [6.45, 7) is 1.14. The van der Waals surface area contributed by atoms with E-state index in [1.807, 2.05) is 0 Å². The Kier molecular flexibility index (Phi) is 4.11. The Balaban J connectivity index is 2.73. The zero-order chi connectivity index (χ0) is 13.1. The van der Waals surface area contributed by atoms with Gasteiger partial charge in [0.25, 0.3) is 0 Å². The molecule has 0 radical (unpaired) electrons. The van der Waals surface area contributed by atoms with Gasteiger partial charge in [0.15, 0.2) is 5.25 Å². The number of rotatable bonds is 5. The lowest BCUT2D eigenvalue weighted by molar-refractivity contribution is -0.148. The Bertz CT molecular complexity index is 432. The van der Waals surface area contributed by atoms with Crippen LogP contribution in [-0.2, 0) is 14.8 Å². The van der Waals surface area contributed by atoms with Crippen molar-refractivity contribution in [1.29, 1.82) is 5.26 Å². The van der Waals surface area contributed by atoms with Crippen LogP contribution < -0.4 is 4.72 Å². The van der Waals surface area contributed by atoms with Crippen LogP contribution in [0.25, 0.3) is 0 Å². The van der Waals surface area contributed by atoms with Crippen LogP contribution in [0.2, 0.25) is 0 Å². The van der Waals surface area contributed by atoms with Crippen LogP contribution in [0.4, 0.5) is 0 Å². The number of carboxylic acids is 1. The molecule has 96 valence electrons. The van der Waals surface area contributed by atoms with Crippen LogP contribution in [0.1, 0.15) is 32.6 Å². The third kappa shape index (κ3) is 2.96. The van der Waals surface area contributed by atoms with E-state index in [0.717, 1.165) is 12.8 Å². The van der Waals surface area contributed by atoms with E-state index in [9.17, 15) is 13.2 Å². The van der Waals surface area contributed by atoms with Gasteiger partial charge in [0, 0.05) is 6.54 Å². The first-order valence-corrected chi connectivity index (χ1v) is 7.00. The molecule has 17 heavy (non-hydrogen) atoms. The average molecular weight is 260 g/mol. The molecule has 0 amide bonds. The molecule has 1 atom stereocenters. The fourth-order valence-corrected chi connectivity index (χ4v) is 2.82. The fraction of sp³-hybridized carbons (Fsp3) is 0.800. The number of sulfonamides is 1. The molecule has 1 unspecified atom stereocenters. The van der Waals surface area contributed by atoms with E-state index in [0.29, 0.717) is 12.8 Å². The highest BCUT2D eigenvalue weighted by Gasteiger charge is 2.42. The topological polar surface area (TPSA) is 107 Å². The predicted octanol–water partition coefficient (Wildman–Crippen LogP) is 0.463. The second-order valence-corrected chi connectivity index (χ2v) is 6.52. The first-order chi connectivity index (χ1) is 7.84. The third-order valence-corrected chi connectivity index (χ3v) is 4.86.